The van der Waals surface area contributed by atoms with Gasteiger partial charge in [-0.1, -0.05) is 18.2 Å². The van der Waals surface area contributed by atoms with Gasteiger partial charge in [-0.3, -0.25) is 4.79 Å². The van der Waals surface area contributed by atoms with E-state index in [-0.39, 0.29) is 12.7 Å². The van der Waals surface area contributed by atoms with E-state index in [1.54, 1.807) is 7.11 Å². The second-order valence-electron chi connectivity index (χ2n) is 8.32. The monoisotopic (exact) mass is 415 g/mol. The van der Waals surface area contributed by atoms with Crippen molar-refractivity contribution in [1.82, 2.24) is 0 Å². The highest BCUT2D eigenvalue weighted by atomic mass is 16.7. The predicted octanol–water partition coefficient (Wildman–Crippen LogP) is 5.38. The molecule has 1 saturated carbocycles. The van der Waals surface area contributed by atoms with Crippen LogP contribution < -0.4 is 19.5 Å². The summed E-state index contributed by atoms with van der Waals surface area (Å²) in [5.41, 5.74) is 5.70. The lowest BCUT2D eigenvalue weighted by atomic mass is 9.94. The minimum atomic E-state index is -0.497. The molecule has 3 aromatic rings. The maximum atomic E-state index is 13.3. The molecule has 0 atom stereocenters. The summed E-state index contributed by atoms with van der Waals surface area (Å²) in [5.74, 6) is 2.33. The van der Waals surface area contributed by atoms with E-state index in [9.17, 15) is 4.79 Å². The van der Waals surface area contributed by atoms with Crippen LogP contribution in [0.4, 0.5) is 5.69 Å². The molecular formula is C26H25NO4. The largest absolute Gasteiger partial charge is 0.496 e. The maximum absolute atomic E-state index is 13.3. The van der Waals surface area contributed by atoms with Gasteiger partial charge in [-0.15, -0.1) is 0 Å². The first-order valence-electron chi connectivity index (χ1n) is 10.5. The fourth-order valence-corrected chi connectivity index (χ4v) is 4.27. The van der Waals surface area contributed by atoms with Crippen molar-refractivity contribution in [2.75, 3.05) is 19.2 Å². The summed E-state index contributed by atoms with van der Waals surface area (Å²) in [6.07, 6.45) is 1.66. The molecule has 3 aromatic carbocycles. The highest BCUT2D eigenvalue weighted by molar-refractivity contribution is 6.02. The van der Waals surface area contributed by atoms with E-state index in [0.29, 0.717) is 5.75 Å². The zero-order valence-electron chi connectivity index (χ0n) is 18.0. The Morgan fingerprint density at radius 2 is 1.74 bits per heavy atom. The average molecular weight is 415 g/mol. The van der Waals surface area contributed by atoms with Gasteiger partial charge >= 0.3 is 0 Å². The third-order valence-electron chi connectivity index (χ3n) is 6.31. The van der Waals surface area contributed by atoms with Crippen LogP contribution in [-0.2, 0) is 10.2 Å². The van der Waals surface area contributed by atoms with Gasteiger partial charge in [0, 0.05) is 5.69 Å². The molecular weight excluding hydrogens is 390 g/mol. The molecule has 0 saturated heterocycles. The predicted molar refractivity (Wildman–Crippen MR) is 120 cm³/mol. The number of methoxy groups -OCH3 is 1. The molecule has 2 aliphatic rings. The van der Waals surface area contributed by atoms with Crippen molar-refractivity contribution in [3.05, 3.63) is 71.3 Å². The molecule has 5 heteroatoms. The molecule has 5 rings (SSSR count). The van der Waals surface area contributed by atoms with Crippen molar-refractivity contribution in [2.45, 2.75) is 32.1 Å². The van der Waals surface area contributed by atoms with Gasteiger partial charge in [-0.25, -0.2) is 0 Å². The van der Waals surface area contributed by atoms with Gasteiger partial charge in [0.05, 0.1) is 12.5 Å². The van der Waals surface area contributed by atoms with E-state index in [1.807, 2.05) is 49.4 Å². The summed E-state index contributed by atoms with van der Waals surface area (Å²) in [7, 11) is 1.68. The first-order chi connectivity index (χ1) is 15.0. The van der Waals surface area contributed by atoms with Crippen LogP contribution in [-0.4, -0.2) is 19.8 Å². The third kappa shape index (κ3) is 3.40. The van der Waals surface area contributed by atoms with Gasteiger partial charge in [-0.05, 0) is 90.9 Å². The van der Waals surface area contributed by atoms with Crippen molar-refractivity contribution in [3.8, 4) is 28.4 Å². The second-order valence-corrected chi connectivity index (χ2v) is 8.32. The lowest BCUT2D eigenvalue weighted by molar-refractivity contribution is -0.118. The summed E-state index contributed by atoms with van der Waals surface area (Å²) >= 11 is 0. The van der Waals surface area contributed by atoms with Gasteiger partial charge in [0.1, 0.15) is 5.75 Å². The van der Waals surface area contributed by atoms with Crippen LogP contribution in [0.3, 0.4) is 0 Å². The van der Waals surface area contributed by atoms with Crippen LogP contribution in [0.2, 0.25) is 0 Å². The van der Waals surface area contributed by atoms with Crippen LogP contribution in [0.1, 0.15) is 29.5 Å². The fourth-order valence-electron chi connectivity index (χ4n) is 4.27. The number of nitrogens with one attached hydrogen (secondary N) is 1. The van der Waals surface area contributed by atoms with Crippen LogP contribution in [0.25, 0.3) is 11.1 Å². The Kier molecular flexibility index (Phi) is 4.62. The summed E-state index contributed by atoms with van der Waals surface area (Å²) in [6, 6.07) is 18.0. The molecule has 0 aromatic heterocycles. The lowest BCUT2D eigenvalue weighted by Crippen LogP contribution is -2.27. The Hall–Kier alpha value is -3.47. The number of hydrogen-bond acceptors (Lipinski definition) is 4. The number of carbonyl (C=O) groups is 1. The topological polar surface area (TPSA) is 56.8 Å². The molecule has 1 fully saturated rings. The van der Waals surface area contributed by atoms with Gasteiger partial charge in [0.25, 0.3) is 0 Å². The number of aryl methyl sites for hydroxylation is 2. The minimum Gasteiger partial charge on any atom is -0.496 e. The molecule has 0 spiro atoms. The summed E-state index contributed by atoms with van der Waals surface area (Å²) in [5, 5.41) is 3.15. The third-order valence-corrected chi connectivity index (χ3v) is 6.31. The number of amides is 1. The number of fused-ring (bicyclic) bond motifs is 1. The summed E-state index contributed by atoms with van der Waals surface area (Å²) < 4.78 is 16.3. The molecule has 1 heterocycles. The lowest BCUT2D eigenvalue weighted by Gasteiger charge is -2.17. The quantitative estimate of drug-likeness (QED) is 0.608. The summed E-state index contributed by atoms with van der Waals surface area (Å²) in [4.78, 5) is 13.3. The Morgan fingerprint density at radius 1 is 0.935 bits per heavy atom. The summed E-state index contributed by atoms with van der Waals surface area (Å²) in [6.45, 7) is 4.34. The minimum absolute atomic E-state index is 0.0204. The number of anilines is 1. The molecule has 0 bridgehead atoms. The maximum Gasteiger partial charge on any atom is 0.235 e. The normalized spacial score (nSPS) is 15.5. The van der Waals surface area contributed by atoms with Crippen LogP contribution >= 0.6 is 0 Å². The second kappa shape index (κ2) is 7.34. The van der Waals surface area contributed by atoms with E-state index >= 15 is 0 Å². The molecule has 0 radical (unpaired) electrons. The standard InChI is InChI=1S/C26H25NO4/c1-16-4-7-20(14-21(16)18-5-8-22(29-3)17(2)12-18)27-25(28)26(10-11-26)19-6-9-23-24(13-19)31-15-30-23/h4-9,12-14H,10-11,15H2,1-3H3,(H,27,28). The molecule has 1 aliphatic heterocycles. The van der Waals surface area contributed by atoms with Gasteiger partial charge < -0.3 is 19.5 Å². The Morgan fingerprint density at radius 3 is 2.48 bits per heavy atom. The average Bonchev–Trinajstić information content (AvgIpc) is 3.46. The number of ether oxygens (including phenoxy) is 3. The SMILES string of the molecule is COc1ccc(-c2cc(NC(=O)C3(c4ccc5c(c4)OCO5)CC3)ccc2C)cc1C. The number of carbonyl (C=O) groups excluding carboxylic acids is 1. The Balaban J connectivity index is 1.41. The van der Waals surface area contributed by atoms with Crippen molar-refractivity contribution in [2.24, 2.45) is 0 Å². The van der Waals surface area contributed by atoms with Crippen LogP contribution in [0.15, 0.2) is 54.6 Å². The molecule has 158 valence electrons. The van der Waals surface area contributed by atoms with E-state index < -0.39 is 5.41 Å². The molecule has 31 heavy (non-hydrogen) atoms. The highest BCUT2D eigenvalue weighted by Gasteiger charge is 2.51. The molecule has 5 nitrogen and oxygen atoms in total. The first kappa shape index (κ1) is 19.5. The highest BCUT2D eigenvalue weighted by Crippen LogP contribution is 2.51. The zero-order chi connectivity index (χ0) is 21.6. The Bertz CT molecular complexity index is 1180. The van der Waals surface area contributed by atoms with Gasteiger partial charge in [0.15, 0.2) is 11.5 Å². The van der Waals surface area contributed by atoms with Crippen molar-refractivity contribution in [1.29, 1.82) is 0 Å². The van der Waals surface area contributed by atoms with Crippen LogP contribution in [0, 0.1) is 13.8 Å². The van der Waals surface area contributed by atoms with E-state index in [0.717, 1.165) is 57.8 Å². The molecule has 1 aliphatic carbocycles. The zero-order valence-corrected chi connectivity index (χ0v) is 18.0. The first-order valence-corrected chi connectivity index (χ1v) is 10.5. The van der Waals surface area contributed by atoms with Crippen molar-refractivity contribution >= 4 is 11.6 Å². The number of hydrogen-bond donors (Lipinski definition) is 1. The molecule has 0 unspecified atom stereocenters. The van der Waals surface area contributed by atoms with Crippen molar-refractivity contribution < 1.29 is 19.0 Å². The van der Waals surface area contributed by atoms with Crippen molar-refractivity contribution in [3.63, 3.8) is 0 Å². The van der Waals surface area contributed by atoms with E-state index in [1.165, 1.54) is 0 Å². The number of benzene rings is 3. The van der Waals surface area contributed by atoms with E-state index in [2.05, 4.69) is 24.4 Å². The molecule has 1 N–H and O–H groups in total. The van der Waals surface area contributed by atoms with Crippen LogP contribution in [0.5, 0.6) is 17.2 Å². The van der Waals surface area contributed by atoms with E-state index in [4.69, 9.17) is 14.2 Å². The Labute approximate surface area is 182 Å². The van der Waals surface area contributed by atoms with Gasteiger partial charge in [0.2, 0.25) is 12.7 Å². The molecule has 1 amide bonds. The number of rotatable bonds is 5. The van der Waals surface area contributed by atoms with Gasteiger partial charge in [-0.2, -0.15) is 0 Å². The smallest absolute Gasteiger partial charge is 0.235 e. The fraction of sp³-hybridized carbons (Fsp3) is 0.269.